The Morgan fingerprint density at radius 3 is 2.76 bits per heavy atom. The third-order valence-electron chi connectivity index (χ3n) is 4.45. The molecule has 3 rings (SSSR count). The topological polar surface area (TPSA) is 55.0 Å². The summed E-state index contributed by atoms with van der Waals surface area (Å²) in [7, 11) is 0. The number of rotatable bonds is 5. The fourth-order valence-electron chi connectivity index (χ4n) is 3.38. The monoisotopic (exact) mass is 284 g/mol. The Morgan fingerprint density at radius 1 is 1.14 bits per heavy atom. The van der Waals surface area contributed by atoms with Crippen molar-refractivity contribution in [3.63, 3.8) is 0 Å². The van der Waals surface area contributed by atoms with E-state index in [1.807, 2.05) is 18.3 Å². The van der Waals surface area contributed by atoms with Crippen molar-refractivity contribution in [1.29, 1.82) is 0 Å². The third-order valence-corrected chi connectivity index (χ3v) is 4.45. The van der Waals surface area contributed by atoms with Crippen LogP contribution in [0.5, 0.6) is 0 Å². The van der Waals surface area contributed by atoms with E-state index in [2.05, 4.69) is 27.2 Å². The fraction of sp³-hybridized carbons (Fsp3) is 0.529. The van der Waals surface area contributed by atoms with E-state index in [-0.39, 0.29) is 0 Å². The van der Waals surface area contributed by atoms with E-state index in [1.165, 1.54) is 43.2 Å². The van der Waals surface area contributed by atoms with Crippen LogP contribution in [-0.2, 0) is 0 Å². The molecule has 1 fully saturated rings. The second kappa shape index (κ2) is 6.85. The zero-order valence-electron chi connectivity index (χ0n) is 12.5. The number of nitrogens with zero attached hydrogens (tertiary/aromatic N) is 3. The minimum atomic E-state index is 0.623. The lowest BCUT2D eigenvalue weighted by molar-refractivity contribution is 0.413. The largest absolute Gasteiger partial charge is 0.367 e. The summed E-state index contributed by atoms with van der Waals surface area (Å²) in [5.41, 5.74) is 7.94. The number of aromatic nitrogens is 2. The van der Waals surface area contributed by atoms with Crippen molar-refractivity contribution in [2.75, 3.05) is 18.0 Å². The van der Waals surface area contributed by atoms with E-state index >= 15 is 0 Å². The summed E-state index contributed by atoms with van der Waals surface area (Å²) in [6, 6.07) is 8.91. The van der Waals surface area contributed by atoms with Gasteiger partial charge in [-0.25, -0.2) is 0 Å². The maximum Gasteiger partial charge on any atom is 0.0950 e. The Kier molecular flexibility index (Phi) is 4.65. The van der Waals surface area contributed by atoms with Gasteiger partial charge in [-0.3, -0.25) is 0 Å². The summed E-state index contributed by atoms with van der Waals surface area (Å²) in [5, 5.41) is 9.67. The van der Waals surface area contributed by atoms with Crippen molar-refractivity contribution >= 4 is 16.6 Å². The number of nitrogens with two attached hydrogens (primary N) is 1. The van der Waals surface area contributed by atoms with Crippen LogP contribution >= 0.6 is 0 Å². The SMILES string of the molecule is NCCCN(c1cnnc2ccccc12)C1CCCCC1. The first-order chi connectivity index (χ1) is 10.4. The van der Waals surface area contributed by atoms with Gasteiger partial charge in [-0.1, -0.05) is 37.5 Å². The Morgan fingerprint density at radius 2 is 1.95 bits per heavy atom. The Hall–Kier alpha value is -1.68. The average molecular weight is 284 g/mol. The maximum atomic E-state index is 5.74. The first-order valence-electron chi connectivity index (χ1n) is 8.07. The van der Waals surface area contributed by atoms with Crippen molar-refractivity contribution in [3.8, 4) is 0 Å². The van der Waals surface area contributed by atoms with Crippen molar-refractivity contribution in [2.45, 2.75) is 44.6 Å². The molecule has 1 aromatic heterocycles. The summed E-state index contributed by atoms with van der Waals surface area (Å²) in [5.74, 6) is 0. The van der Waals surface area contributed by atoms with Crippen LogP contribution in [0.2, 0.25) is 0 Å². The number of fused-ring (bicyclic) bond motifs is 1. The van der Waals surface area contributed by atoms with E-state index in [9.17, 15) is 0 Å². The van der Waals surface area contributed by atoms with Crippen molar-refractivity contribution in [1.82, 2.24) is 10.2 Å². The van der Waals surface area contributed by atoms with Gasteiger partial charge in [-0.05, 0) is 31.9 Å². The van der Waals surface area contributed by atoms with Gasteiger partial charge in [0.2, 0.25) is 0 Å². The molecule has 2 N–H and O–H groups in total. The number of benzene rings is 1. The van der Waals surface area contributed by atoms with Gasteiger partial charge in [0.05, 0.1) is 17.4 Å². The molecule has 0 spiro atoms. The van der Waals surface area contributed by atoms with Gasteiger partial charge in [-0.15, -0.1) is 0 Å². The highest BCUT2D eigenvalue weighted by molar-refractivity contribution is 5.90. The third kappa shape index (κ3) is 3.16. The molecule has 1 aliphatic rings. The molecular formula is C17H24N4. The molecule has 0 atom stereocenters. The van der Waals surface area contributed by atoms with Crippen LogP contribution in [0.4, 0.5) is 5.69 Å². The summed E-state index contributed by atoms with van der Waals surface area (Å²) >= 11 is 0. The standard InChI is InChI=1S/C17H24N4/c18-11-6-12-21(14-7-2-1-3-8-14)17-13-19-20-16-10-5-4-9-15(16)17/h4-5,9-10,13-14H,1-3,6-8,11-12,18H2. The van der Waals surface area contributed by atoms with Gasteiger partial charge >= 0.3 is 0 Å². The molecule has 4 nitrogen and oxygen atoms in total. The molecular weight excluding hydrogens is 260 g/mol. The smallest absolute Gasteiger partial charge is 0.0950 e. The predicted molar refractivity (Wildman–Crippen MR) is 87.4 cm³/mol. The lowest BCUT2D eigenvalue weighted by Crippen LogP contribution is -2.38. The lowest BCUT2D eigenvalue weighted by Gasteiger charge is -2.36. The van der Waals surface area contributed by atoms with Crippen molar-refractivity contribution < 1.29 is 0 Å². The maximum absolute atomic E-state index is 5.74. The van der Waals surface area contributed by atoms with E-state index in [0.717, 1.165) is 25.0 Å². The summed E-state index contributed by atoms with van der Waals surface area (Å²) in [6.07, 6.45) is 9.54. The quantitative estimate of drug-likeness (QED) is 0.916. The molecule has 2 aromatic rings. The molecule has 0 unspecified atom stereocenters. The van der Waals surface area contributed by atoms with E-state index in [1.54, 1.807) is 0 Å². The molecule has 1 aliphatic carbocycles. The van der Waals surface area contributed by atoms with Gasteiger partial charge < -0.3 is 10.6 Å². The second-order valence-corrected chi connectivity index (χ2v) is 5.87. The van der Waals surface area contributed by atoms with E-state index in [0.29, 0.717) is 6.04 Å². The number of hydrogen-bond donors (Lipinski definition) is 1. The minimum absolute atomic E-state index is 0.623. The molecule has 1 saturated carbocycles. The highest BCUT2D eigenvalue weighted by Gasteiger charge is 2.22. The summed E-state index contributed by atoms with van der Waals surface area (Å²) in [4.78, 5) is 2.53. The number of anilines is 1. The van der Waals surface area contributed by atoms with E-state index < -0.39 is 0 Å². The molecule has 1 heterocycles. The van der Waals surface area contributed by atoms with Crippen LogP contribution in [-0.4, -0.2) is 29.3 Å². The van der Waals surface area contributed by atoms with Crippen LogP contribution < -0.4 is 10.6 Å². The summed E-state index contributed by atoms with van der Waals surface area (Å²) in [6.45, 7) is 1.75. The highest BCUT2D eigenvalue weighted by Crippen LogP contribution is 2.31. The molecule has 4 heteroatoms. The van der Waals surface area contributed by atoms with Gasteiger partial charge in [0.1, 0.15) is 0 Å². The van der Waals surface area contributed by atoms with Gasteiger partial charge in [0, 0.05) is 18.0 Å². The minimum Gasteiger partial charge on any atom is -0.367 e. The first kappa shape index (κ1) is 14.3. The molecule has 112 valence electrons. The summed E-state index contributed by atoms with van der Waals surface area (Å²) < 4.78 is 0. The molecule has 21 heavy (non-hydrogen) atoms. The first-order valence-corrected chi connectivity index (χ1v) is 8.07. The molecule has 0 aliphatic heterocycles. The van der Waals surface area contributed by atoms with Gasteiger partial charge in [0.15, 0.2) is 0 Å². The Bertz CT molecular complexity index is 573. The highest BCUT2D eigenvalue weighted by atomic mass is 15.2. The molecule has 0 bridgehead atoms. The van der Waals surface area contributed by atoms with Crippen LogP contribution in [0.15, 0.2) is 30.5 Å². The Balaban J connectivity index is 1.96. The molecule has 1 aromatic carbocycles. The predicted octanol–water partition coefficient (Wildman–Crippen LogP) is 3.12. The van der Waals surface area contributed by atoms with Crippen LogP contribution in [0.3, 0.4) is 0 Å². The lowest BCUT2D eigenvalue weighted by atomic mass is 9.93. The van der Waals surface area contributed by atoms with Crippen LogP contribution in [0.25, 0.3) is 10.9 Å². The van der Waals surface area contributed by atoms with Crippen LogP contribution in [0.1, 0.15) is 38.5 Å². The normalized spacial score (nSPS) is 16.2. The van der Waals surface area contributed by atoms with Crippen LogP contribution in [0, 0.1) is 0 Å². The van der Waals surface area contributed by atoms with Gasteiger partial charge in [-0.2, -0.15) is 10.2 Å². The average Bonchev–Trinajstić information content (AvgIpc) is 2.56. The second-order valence-electron chi connectivity index (χ2n) is 5.87. The molecule has 0 radical (unpaired) electrons. The Labute approximate surface area is 126 Å². The fourth-order valence-corrected chi connectivity index (χ4v) is 3.38. The molecule has 0 amide bonds. The van der Waals surface area contributed by atoms with Gasteiger partial charge in [0.25, 0.3) is 0 Å². The molecule has 0 saturated heterocycles. The van der Waals surface area contributed by atoms with Crippen molar-refractivity contribution in [2.24, 2.45) is 5.73 Å². The number of hydrogen-bond acceptors (Lipinski definition) is 4. The zero-order chi connectivity index (χ0) is 14.5. The zero-order valence-corrected chi connectivity index (χ0v) is 12.5. The van der Waals surface area contributed by atoms with E-state index in [4.69, 9.17) is 5.73 Å². The van der Waals surface area contributed by atoms with Crippen molar-refractivity contribution in [3.05, 3.63) is 30.5 Å².